The Morgan fingerprint density at radius 1 is 1.00 bits per heavy atom. The Morgan fingerprint density at radius 3 is 2.20 bits per heavy atom. The summed E-state index contributed by atoms with van der Waals surface area (Å²) in [7, 11) is -0.0167. The predicted octanol–water partition coefficient (Wildman–Crippen LogP) is 5.83. The first-order valence-electron chi connectivity index (χ1n) is 18.8. The molecule has 5 aliphatic rings. The van der Waals surface area contributed by atoms with Crippen LogP contribution in [0.2, 0.25) is 39.3 Å². The molecule has 6 unspecified atom stereocenters. The van der Waals surface area contributed by atoms with E-state index in [1.165, 1.54) is 11.8 Å². The maximum atomic E-state index is 14.3. The van der Waals surface area contributed by atoms with Crippen LogP contribution in [0.4, 0.5) is 0 Å². The Bertz CT molecular complexity index is 1280. The van der Waals surface area contributed by atoms with Gasteiger partial charge in [-0.05, 0) is 100 Å². The van der Waals surface area contributed by atoms with Crippen LogP contribution in [0.3, 0.4) is 0 Å². The molecule has 0 aliphatic carbocycles. The summed E-state index contributed by atoms with van der Waals surface area (Å²) in [6.07, 6.45) is -0.568. The normalized spacial score (nSPS) is 47.3. The highest BCUT2D eigenvalue weighted by Gasteiger charge is 2.72. The summed E-state index contributed by atoms with van der Waals surface area (Å²) in [6.45, 7) is 27.7. The number of hydrogen-bond acceptors (Lipinski definition) is 12. The number of amidine groups is 1. The van der Waals surface area contributed by atoms with Crippen molar-refractivity contribution < 1.29 is 37.3 Å². The molecule has 5 heterocycles. The Hall–Kier alpha value is -0.556. The van der Waals surface area contributed by atoms with Gasteiger partial charge < -0.3 is 43.2 Å². The molecular weight excluding hydrogens is 691 g/mol. The molecule has 0 amide bonds. The molecule has 2 N–H and O–H groups in total. The van der Waals surface area contributed by atoms with Crippen LogP contribution in [0.15, 0.2) is 4.99 Å². The molecule has 11 nitrogen and oxygen atoms in total. The van der Waals surface area contributed by atoms with Crippen molar-refractivity contribution in [2.24, 2.45) is 34.4 Å². The first kappa shape index (κ1) is 40.6. The summed E-state index contributed by atoms with van der Waals surface area (Å²) in [6, 6.07) is -0.248. The fourth-order valence-corrected chi connectivity index (χ4v) is 12.8. The molecule has 0 saturated carbocycles. The summed E-state index contributed by atoms with van der Waals surface area (Å²) in [5, 5.41) is 0.524. The lowest BCUT2D eigenvalue weighted by Gasteiger charge is -2.50. The van der Waals surface area contributed by atoms with Crippen LogP contribution in [0, 0.1) is 23.7 Å². The molecule has 4 fully saturated rings. The quantitative estimate of drug-likeness (QED) is 0.238. The van der Waals surface area contributed by atoms with E-state index in [0.717, 1.165) is 6.42 Å². The second-order valence-corrected chi connectivity index (χ2v) is 28.3. The predicted molar refractivity (Wildman–Crippen MR) is 203 cm³/mol. The zero-order valence-electron chi connectivity index (χ0n) is 33.4. The molecule has 0 aromatic heterocycles. The average Bonchev–Trinajstić information content (AvgIpc) is 3.39. The highest BCUT2D eigenvalue weighted by atomic mass is 32.2. The number of likely N-dealkylation sites (N-methyl/N-ethyl adjacent to an activating group) is 1. The topological polar surface area (TPSA) is 123 Å². The Balaban J connectivity index is 1.67. The number of hydrogen-bond donors (Lipinski definition) is 1. The lowest BCUT2D eigenvalue weighted by atomic mass is 9.76. The van der Waals surface area contributed by atoms with Gasteiger partial charge in [0.05, 0.1) is 35.9 Å². The number of carbonyl (C=O) groups is 1. The largest absolute Gasteiger partial charge is 0.459 e. The minimum absolute atomic E-state index is 0.0206. The van der Waals surface area contributed by atoms with Crippen LogP contribution in [-0.4, -0.2) is 118 Å². The van der Waals surface area contributed by atoms with Gasteiger partial charge in [0.2, 0.25) is 0 Å². The number of carbonyl (C=O) groups excluding carboxylic acids is 1. The van der Waals surface area contributed by atoms with E-state index in [9.17, 15) is 4.79 Å². The van der Waals surface area contributed by atoms with Crippen molar-refractivity contribution in [2.45, 2.75) is 173 Å². The molecule has 0 radical (unpaired) electrons. The monoisotopic (exact) mass is 757 g/mol. The SMILES string of the molecule is CC[C@H]1OC(=O)[C@H](C)[C@@H](O[Si](C)(C)C)[C@H](C)[C@@H](OC2O[C@H](C)C[C@H](N(C)C)[C@@H]2O[Si](C)(C)C)[C@@]2(C)CC(C)C3(OC1(C)C1N=C(N)SCC13)O2. The van der Waals surface area contributed by atoms with Gasteiger partial charge in [0.1, 0.15) is 17.8 Å². The van der Waals surface area contributed by atoms with Crippen molar-refractivity contribution >= 4 is 39.5 Å². The lowest BCUT2D eigenvalue weighted by Crippen LogP contribution is -2.62. The standard InChI is InChI=1S/C36H67N3O8SSi2/c1-16-26-35(7)29-24(19-48-33(37)38-29)36(47-35)20(2)18-34(6,46-36)30(22(4)27(44-49(10,11)12)23(5)31(40)42-26)43-32-28(45-50(13,14)15)25(39(8)9)17-21(3)41-32/h20-30,32H,16-19H2,1-15H3,(H2,37,38)/t20?,21-,22+,23-,24?,25+,26-,27+,28+,29?,30-,32?,34-,35?,36?/m1/s1. The minimum Gasteiger partial charge on any atom is -0.459 e. The molecule has 50 heavy (non-hydrogen) atoms. The first-order valence-corrected chi connectivity index (χ1v) is 26.6. The first-order chi connectivity index (χ1) is 22.9. The molecule has 5 rings (SSSR count). The van der Waals surface area contributed by atoms with Gasteiger partial charge in [0, 0.05) is 29.5 Å². The zero-order chi connectivity index (χ0) is 37.4. The third kappa shape index (κ3) is 7.68. The Kier molecular flexibility index (Phi) is 11.6. The maximum Gasteiger partial charge on any atom is 0.311 e. The fraction of sp³-hybridized carbons (Fsp3) is 0.944. The lowest BCUT2D eigenvalue weighted by molar-refractivity contribution is -0.335. The van der Waals surface area contributed by atoms with Crippen molar-refractivity contribution in [3.05, 3.63) is 0 Å². The maximum absolute atomic E-state index is 14.3. The van der Waals surface area contributed by atoms with Crippen molar-refractivity contribution in [1.29, 1.82) is 0 Å². The Labute approximate surface area is 308 Å². The number of esters is 1. The number of ether oxygens (including phenoxy) is 5. The number of nitrogens with zero attached hydrogens (tertiary/aromatic N) is 2. The molecule has 0 aromatic carbocycles. The van der Waals surface area contributed by atoms with Gasteiger partial charge in [-0.15, -0.1) is 0 Å². The van der Waals surface area contributed by atoms with Crippen LogP contribution in [-0.2, 0) is 37.3 Å². The molecular formula is C36H67N3O8SSi2. The number of aliphatic imine (C=N–C) groups is 1. The summed E-state index contributed by atoms with van der Waals surface area (Å²) in [5.41, 5.74) is 4.60. The van der Waals surface area contributed by atoms with Crippen molar-refractivity contribution in [3.8, 4) is 0 Å². The van der Waals surface area contributed by atoms with Crippen LogP contribution in [0.5, 0.6) is 0 Å². The van der Waals surface area contributed by atoms with E-state index in [1.54, 1.807) is 0 Å². The van der Waals surface area contributed by atoms with Gasteiger partial charge in [-0.2, -0.15) is 0 Å². The van der Waals surface area contributed by atoms with Crippen molar-refractivity contribution in [1.82, 2.24) is 4.90 Å². The van der Waals surface area contributed by atoms with Gasteiger partial charge in [-0.1, -0.05) is 32.5 Å². The third-order valence-corrected chi connectivity index (χ3v) is 14.5. The van der Waals surface area contributed by atoms with E-state index >= 15 is 0 Å². The smallest absolute Gasteiger partial charge is 0.311 e. The molecule has 0 aromatic rings. The molecule has 15 atom stereocenters. The second kappa shape index (κ2) is 14.3. The minimum atomic E-state index is -2.18. The van der Waals surface area contributed by atoms with E-state index in [-0.39, 0.29) is 48.0 Å². The molecule has 5 aliphatic heterocycles. The van der Waals surface area contributed by atoms with Crippen LogP contribution in [0.1, 0.15) is 67.7 Å². The van der Waals surface area contributed by atoms with E-state index in [1.807, 2.05) is 20.8 Å². The Morgan fingerprint density at radius 2 is 1.62 bits per heavy atom. The van der Waals surface area contributed by atoms with E-state index in [2.05, 4.69) is 86.0 Å². The number of thioether (sulfide) groups is 1. The number of nitrogens with two attached hydrogens (primary N) is 1. The third-order valence-electron chi connectivity index (χ3n) is 11.6. The van der Waals surface area contributed by atoms with Gasteiger partial charge >= 0.3 is 5.97 Å². The van der Waals surface area contributed by atoms with Gasteiger partial charge in [0.15, 0.2) is 33.9 Å². The summed E-state index contributed by atoms with van der Waals surface area (Å²) >= 11 is 1.54. The molecule has 1 spiro atoms. The van der Waals surface area contributed by atoms with E-state index in [4.69, 9.17) is 43.3 Å². The second-order valence-electron chi connectivity index (χ2n) is 18.4. The number of rotatable bonds is 8. The summed E-state index contributed by atoms with van der Waals surface area (Å²) in [5.74, 6) is -1.61. The molecule has 288 valence electrons. The molecule has 4 saturated heterocycles. The zero-order valence-corrected chi connectivity index (χ0v) is 36.2. The average molecular weight is 758 g/mol. The van der Waals surface area contributed by atoms with Crippen LogP contribution in [0.25, 0.3) is 0 Å². The highest BCUT2D eigenvalue weighted by Crippen LogP contribution is 2.61. The van der Waals surface area contributed by atoms with Crippen molar-refractivity contribution in [3.63, 3.8) is 0 Å². The van der Waals surface area contributed by atoms with Crippen LogP contribution >= 0.6 is 11.8 Å². The van der Waals surface area contributed by atoms with Gasteiger partial charge in [0.25, 0.3) is 0 Å². The molecule has 14 heteroatoms. The summed E-state index contributed by atoms with van der Waals surface area (Å²) < 4.78 is 49.3. The van der Waals surface area contributed by atoms with Gasteiger partial charge in [-0.25, -0.2) is 0 Å². The highest BCUT2D eigenvalue weighted by molar-refractivity contribution is 8.13. The van der Waals surface area contributed by atoms with E-state index in [0.29, 0.717) is 23.8 Å². The van der Waals surface area contributed by atoms with Crippen LogP contribution < -0.4 is 5.73 Å². The molecule has 3 bridgehead atoms. The van der Waals surface area contributed by atoms with Crippen molar-refractivity contribution in [2.75, 3.05) is 19.8 Å². The van der Waals surface area contributed by atoms with Gasteiger partial charge in [-0.3, -0.25) is 9.79 Å². The number of fused-ring (bicyclic) bond motifs is 4. The fourth-order valence-electron chi connectivity index (χ4n) is 9.50. The van der Waals surface area contributed by atoms with E-state index < -0.39 is 64.1 Å². The summed E-state index contributed by atoms with van der Waals surface area (Å²) in [4.78, 5) is 21.6. The number of cyclic esters (lactones) is 1.